The van der Waals surface area contributed by atoms with Gasteiger partial charge in [-0.15, -0.1) is 0 Å². The van der Waals surface area contributed by atoms with Crippen molar-refractivity contribution in [2.45, 2.75) is 193 Å². The Morgan fingerprint density at radius 2 is 1.02 bits per heavy atom. The number of hydrogen-bond acceptors (Lipinski definition) is 8. The first-order valence-corrected chi connectivity index (χ1v) is 23.0. The minimum Gasteiger partial charge on any atom is -0.756 e. The van der Waals surface area contributed by atoms with E-state index in [1.54, 1.807) is 0 Å². The van der Waals surface area contributed by atoms with E-state index in [0.717, 1.165) is 51.4 Å². The number of carbonyl (C=O) groups is 2. The molecular formula is C43H82NO8P. The van der Waals surface area contributed by atoms with Gasteiger partial charge >= 0.3 is 11.9 Å². The van der Waals surface area contributed by atoms with Crippen LogP contribution in [0.3, 0.4) is 0 Å². The highest BCUT2D eigenvalue weighted by Crippen LogP contribution is 2.38. The highest BCUT2D eigenvalue weighted by molar-refractivity contribution is 7.45. The molecule has 53 heavy (non-hydrogen) atoms. The van der Waals surface area contributed by atoms with Gasteiger partial charge in [-0.2, -0.15) is 0 Å². The molecule has 0 fully saturated rings. The molecule has 0 rings (SSSR count). The lowest BCUT2D eigenvalue weighted by Crippen LogP contribution is -2.37. The van der Waals surface area contributed by atoms with E-state index in [0.29, 0.717) is 17.4 Å². The summed E-state index contributed by atoms with van der Waals surface area (Å²) >= 11 is 0. The molecule has 0 aliphatic heterocycles. The average Bonchev–Trinajstić information content (AvgIpc) is 3.10. The number of carbonyl (C=O) groups excluding carboxylic acids is 2. The maximum Gasteiger partial charge on any atom is 0.306 e. The second kappa shape index (κ2) is 36.1. The van der Waals surface area contributed by atoms with Gasteiger partial charge in [0, 0.05) is 12.8 Å². The number of phosphoric ester groups is 1. The van der Waals surface area contributed by atoms with Gasteiger partial charge in [0.15, 0.2) is 6.10 Å². The lowest BCUT2D eigenvalue weighted by Gasteiger charge is -2.28. The molecule has 0 aromatic carbocycles. The van der Waals surface area contributed by atoms with Crippen molar-refractivity contribution in [3.63, 3.8) is 0 Å². The molecule has 0 aliphatic carbocycles. The third-order valence-electron chi connectivity index (χ3n) is 9.22. The van der Waals surface area contributed by atoms with Crippen molar-refractivity contribution in [3.05, 3.63) is 24.3 Å². The van der Waals surface area contributed by atoms with Crippen molar-refractivity contribution < 1.29 is 42.1 Å². The van der Waals surface area contributed by atoms with E-state index >= 15 is 0 Å². The summed E-state index contributed by atoms with van der Waals surface area (Å²) in [7, 11) is 1.16. The zero-order chi connectivity index (χ0) is 39.3. The van der Waals surface area contributed by atoms with Crippen LogP contribution in [-0.2, 0) is 32.7 Å². The molecule has 9 nitrogen and oxygen atoms in total. The first-order chi connectivity index (χ1) is 25.5. The lowest BCUT2D eigenvalue weighted by atomic mass is 10.1. The summed E-state index contributed by atoms with van der Waals surface area (Å²) in [6.45, 7) is 4.18. The Morgan fingerprint density at radius 1 is 0.585 bits per heavy atom. The fourth-order valence-corrected chi connectivity index (χ4v) is 6.53. The van der Waals surface area contributed by atoms with Crippen LogP contribution < -0.4 is 4.89 Å². The number of esters is 2. The molecule has 0 spiro atoms. The minimum atomic E-state index is -4.62. The summed E-state index contributed by atoms with van der Waals surface area (Å²) in [5.74, 6) is -0.840. The number of ether oxygens (including phenoxy) is 2. The second-order valence-electron chi connectivity index (χ2n) is 15.7. The highest BCUT2D eigenvalue weighted by Gasteiger charge is 2.21. The Balaban J connectivity index is 4.25. The van der Waals surface area contributed by atoms with Crippen molar-refractivity contribution in [2.75, 3.05) is 47.5 Å². The first kappa shape index (κ1) is 51.5. The number of likely N-dealkylation sites (N-methyl/N-ethyl adjacent to an activating group) is 1. The fourth-order valence-electron chi connectivity index (χ4n) is 5.80. The lowest BCUT2D eigenvalue weighted by molar-refractivity contribution is -0.870. The fraction of sp³-hybridized carbons (Fsp3) is 0.860. The Hall–Kier alpha value is -1.51. The van der Waals surface area contributed by atoms with Crippen LogP contribution in [0.2, 0.25) is 0 Å². The molecule has 0 bridgehead atoms. The van der Waals surface area contributed by atoms with Gasteiger partial charge in [0.05, 0.1) is 27.7 Å². The predicted molar refractivity (Wildman–Crippen MR) is 218 cm³/mol. The molecular weight excluding hydrogens is 689 g/mol. The average molecular weight is 772 g/mol. The van der Waals surface area contributed by atoms with Crippen LogP contribution in [0, 0.1) is 0 Å². The van der Waals surface area contributed by atoms with Gasteiger partial charge < -0.3 is 27.9 Å². The number of nitrogens with zero attached hydrogens (tertiary/aromatic N) is 1. The van der Waals surface area contributed by atoms with Crippen LogP contribution in [0.4, 0.5) is 0 Å². The maximum atomic E-state index is 12.6. The Labute approximate surface area is 326 Å². The van der Waals surface area contributed by atoms with Gasteiger partial charge in [-0.25, -0.2) is 0 Å². The highest BCUT2D eigenvalue weighted by atomic mass is 31.2. The van der Waals surface area contributed by atoms with E-state index in [2.05, 4.69) is 38.2 Å². The molecule has 0 aromatic heterocycles. The summed E-state index contributed by atoms with van der Waals surface area (Å²) in [6.07, 6.45) is 37.9. The maximum absolute atomic E-state index is 12.6. The Kier molecular flexibility index (Phi) is 35.1. The summed E-state index contributed by atoms with van der Waals surface area (Å²) < 4.78 is 33.8. The number of rotatable bonds is 39. The summed E-state index contributed by atoms with van der Waals surface area (Å²) in [4.78, 5) is 37.3. The van der Waals surface area contributed by atoms with Crippen LogP contribution in [0.25, 0.3) is 0 Å². The van der Waals surface area contributed by atoms with Crippen molar-refractivity contribution in [1.29, 1.82) is 0 Å². The van der Waals surface area contributed by atoms with Gasteiger partial charge in [-0.1, -0.05) is 154 Å². The van der Waals surface area contributed by atoms with Crippen molar-refractivity contribution >= 4 is 19.8 Å². The van der Waals surface area contributed by atoms with Gasteiger partial charge in [0.25, 0.3) is 7.82 Å². The van der Waals surface area contributed by atoms with E-state index in [1.165, 1.54) is 103 Å². The zero-order valence-electron chi connectivity index (χ0n) is 35.0. The molecule has 0 amide bonds. The largest absolute Gasteiger partial charge is 0.756 e. The topological polar surface area (TPSA) is 111 Å². The number of phosphoric acid groups is 1. The minimum absolute atomic E-state index is 0.0302. The molecule has 0 saturated heterocycles. The van der Waals surface area contributed by atoms with Gasteiger partial charge in [-0.3, -0.25) is 14.2 Å². The van der Waals surface area contributed by atoms with E-state index in [1.807, 2.05) is 21.1 Å². The third kappa shape index (κ3) is 40.0. The molecule has 0 aliphatic rings. The second-order valence-corrected chi connectivity index (χ2v) is 17.1. The standard InChI is InChI=1S/C43H82NO8P/c1-6-8-10-12-14-16-17-18-19-20-21-22-23-24-25-26-27-28-30-32-34-36-43(46)52-41(40-51-53(47,48)50-38-37-44(3,4)5)39-49-42(45)35-33-31-29-15-13-11-9-7-2/h17-18,20-21,41H,6-16,19,22-40H2,1-5H3/b18-17-,21-20-. The Morgan fingerprint density at radius 3 is 1.49 bits per heavy atom. The summed E-state index contributed by atoms with van der Waals surface area (Å²) in [5, 5.41) is 0. The number of quaternary nitrogens is 1. The van der Waals surface area contributed by atoms with E-state index < -0.39 is 26.5 Å². The molecule has 2 atom stereocenters. The Bertz CT molecular complexity index is 964. The monoisotopic (exact) mass is 772 g/mol. The first-order valence-electron chi connectivity index (χ1n) is 21.5. The summed E-state index contributed by atoms with van der Waals surface area (Å²) in [5.41, 5.74) is 0. The zero-order valence-corrected chi connectivity index (χ0v) is 35.9. The van der Waals surface area contributed by atoms with Crippen LogP contribution in [0.1, 0.15) is 187 Å². The molecule has 0 saturated carbocycles. The quantitative estimate of drug-likeness (QED) is 0.0200. The SMILES string of the molecule is CCCCCCC/C=C\C/C=C\CCCCCCCCCCCC(=O)OC(COC(=O)CCCCCCCCCC)COP(=O)([O-])OCC[N+](C)(C)C. The van der Waals surface area contributed by atoms with Crippen LogP contribution >= 0.6 is 7.82 Å². The van der Waals surface area contributed by atoms with Gasteiger partial charge in [0.2, 0.25) is 0 Å². The molecule has 312 valence electrons. The normalized spacial score (nSPS) is 13.8. The van der Waals surface area contributed by atoms with Crippen LogP contribution in [-0.4, -0.2) is 70.0 Å². The van der Waals surface area contributed by atoms with E-state index in [9.17, 15) is 19.0 Å². The molecule has 0 N–H and O–H groups in total. The van der Waals surface area contributed by atoms with E-state index in [4.69, 9.17) is 18.5 Å². The molecule has 0 radical (unpaired) electrons. The smallest absolute Gasteiger partial charge is 0.306 e. The summed E-state index contributed by atoms with van der Waals surface area (Å²) in [6, 6.07) is 0. The predicted octanol–water partition coefficient (Wildman–Crippen LogP) is 11.3. The molecule has 10 heteroatoms. The number of allylic oxidation sites excluding steroid dienone is 4. The van der Waals surface area contributed by atoms with Crippen molar-refractivity contribution in [2.24, 2.45) is 0 Å². The molecule has 0 heterocycles. The van der Waals surface area contributed by atoms with Crippen LogP contribution in [0.15, 0.2) is 24.3 Å². The van der Waals surface area contributed by atoms with Crippen LogP contribution in [0.5, 0.6) is 0 Å². The third-order valence-corrected chi connectivity index (χ3v) is 10.2. The van der Waals surface area contributed by atoms with Gasteiger partial charge in [-0.05, 0) is 44.9 Å². The van der Waals surface area contributed by atoms with Crippen molar-refractivity contribution in [3.8, 4) is 0 Å². The number of unbranched alkanes of at least 4 members (excludes halogenated alkanes) is 21. The van der Waals surface area contributed by atoms with Gasteiger partial charge in [0.1, 0.15) is 19.8 Å². The molecule has 2 unspecified atom stereocenters. The van der Waals surface area contributed by atoms with E-state index in [-0.39, 0.29) is 32.0 Å². The van der Waals surface area contributed by atoms with Crippen molar-refractivity contribution in [1.82, 2.24) is 0 Å². The molecule has 0 aromatic rings. The number of hydrogen-bond donors (Lipinski definition) is 0.